The summed E-state index contributed by atoms with van der Waals surface area (Å²) in [5.74, 6) is -2.01. The van der Waals surface area contributed by atoms with Crippen LogP contribution in [0.15, 0.2) is 18.3 Å². The summed E-state index contributed by atoms with van der Waals surface area (Å²) in [7, 11) is 1.18. The van der Waals surface area contributed by atoms with Gasteiger partial charge in [0.15, 0.2) is 0 Å². The molecule has 0 atom stereocenters. The highest BCUT2D eigenvalue weighted by Crippen LogP contribution is 2.07. The molecule has 1 rings (SSSR count). The molecule has 1 aromatic heterocycles. The van der Waals surface area contributed by atoms with E-state index >= 15 is 0 Å². The molecule has 0 spiro atoms. The van der Waals surface area contributed by atoms with Crippen LogP contribution in [-0.4, -0.2) is 30.3 Å². The zero-order valence-electron chi connectivity index (χ0n) is 7.74. The second-order valence-electron chi connectivity index (χ2n) is 2.59. The lowest BCUT2D eigenvalue weighted by molar-refractivity contribution is 0.0598. The molecule has 0 aromatic carbocycles. The molecule has 80 valence electrons. The molecule has 0 fully saturated rings. The van der Waals surface area contributed by atoms with E-state index in [2.05, 4.69) is 9.72 Å². The van der Waals surface area contributed by atoms with Crippen molar-refractivity contribution in [2.45, 2.75) is 6.43 Å². The van der Waals surface area contributed by atoms with Gasteiger partial charge in [0, 0.05) is 6.20 Å². The largest absolute Gasteiger partial charge is 0.465 e. The summed E-state index contributed by atoms with van der Waals surface area (Å²) in [6.07, 6.45) is -2.08. The van der Waals surface area contributed by atoms with Gasteiger partial charge in [-0.2, -0.15) is 0 Å². The minimum Gasteiger partial charge on any atom is -0.465 e. The average Bonchev–Trinajstić information content (AvgIpc) is 2.27. The minimum atomic E-state index is -3.10. The highest BCUT2D eigenvalue weighted by Gasteiger charge is 2.19. The maximum atomic E-state index is 12.0. The Morgan fingerprint density at radius 2 is 2.07 bits per heavy atom. The smallest absolute Gasteiger partial charge is 0.339 e. The fraction of sp³-hybridized carbons (Fsp3) is 0.222. The Labute approximate surface area is 83.9 Å². The van der Waals surface area contributed by atoms with Crippen molar-refractivity contribution in [2.75, 3.05) is 7.11 Å². The Morgan fingerprint density at radius 1 is 1.40 bits per heavy atom. The zero-order valence-corrected chi connectivity index (χ0v) is 7.74. The number of alkyl halides is 2. The summed E-state index contributed by atoms with van der Waals surface area (Å²) in [5, 5.41) is 0. The molecule has 0 saturated heterocycles. The minimum absolute atomic E-state index is 0.100. The van der Waals surface area contributed by atoms with Crippen LogP contribution >= 0.6 is 0 Å². The molecule has 1 heterocycles. The second kappa shape index (κ2) is 4.59. The molecule has 0 N–H and O–H groups in total. The Kier molecular flexibility index (Phi) is 3.43. The molecule has 0 unspecified atom stereocenters. The number of methoxy groups -OCH3 is 1. The number of nitrogens with zero attached hydrogens (tertiary/aromatic N) is 1. The zero-order chi connectivity index (χ0) is 11.4. The Bertz CT molecular complexity index is 375. The van der Waals surface area contributed by atoms with E-state index in [0.29, 0.717) is 0 Å². The number of carbonyl (C=O) groups excluding carboxylic acids is 2. The van der Waals surface area contributed by atoms with Crippen molar-refractivity contribution in [3.05, 3.63) is 29.6 Å². The predicted octanol–water partition coefficient (Wildman–Crippen LogP) is 1.32. The molecule has 0 aliphatic heterocycles. The van der Waals surface area contributed by atoms with Gasteiger partial charge in [0.2, 0.25) is 5.78 Å². The molecular weight excluding hydrogens is 208 g/mol. The molecule has 0 saturated carbocycles. The van der Waals surface area contributed by atoms with Crippen LogP contribution in [0.1, 0.15) is 20.8 Å². The summed E-state index contributed by atoms with van der Waals surface area (Å²) in [6.45, 7) is 0. The second-order valence-corrected chi connectivity index (χ2v) is 2.59. The number of Topliss-reactive ketones (excluding diaryl/α,β-unsaturated/α-hetero) is 1. The summed E-state index contributed by atoms with van der Waals surface area (Å²) >= 11 is 0. The third kappa shape index (κ3) is 2.55. The van der Waals surface area contributed by atoms with Gasteiger partial charge >= 0.3 is 12.4 Å². The number of pyridine rings is 1. The topological polar surface area (TPSA) is 56.3 Å². The van der Waals surface area contributed by atoms with E-state index in [1.54, 1.807) is 0 Å². The van der Waals surface area contributed by atoms with Gasteiger partial charge in [-0.25, -0.2) is 13.6 Å². The first-order chi connectivity index (χ1) is 7.06. The number of ether oxygens (including phenoxy) is 1. The molecule has 0 amide bonds. The van der Waals surface area contributed by atoms with Crippen molar-refractivity contribution in [2.24, 2.45) is 0 Å². The lowest BCUT2D eigenvalue weighted by atomic mass is 10.2. The normalized spacial score (nSPS) is 10.1. The van der Waals surface area contributed by atoms with E-state index in [1.165, 1.54) is 13.2 Å². The van der Waals surface area contributed by atoms with Gasteiger partial charge in [-0.3, -0.25) is 9.78 Å². The number of esters is 1. The summed E-state index contributed by atoms with van der Waals surface area (Å²) in [6, 6.07) is 2.26. The number of carbonyl (C=O) groups is 2. The third-order valence-electron chi connectivity index (χ3n) is 1.64. The number of rotatable bonds is 3. The predicted molar refractivity (Wildman–Crippen MR) is 45.9 cm³/mol. The number of hydrogen-bond acceptors (Lipinski definition) is 4. The first-order valence-electron chi connectivity index (χ1n) is 3.93. The maximum absolute atomic E-state index is 12.0. The van der Waals surface area contributed by atoms with Gasteiger partial charge in [-0.1, -0.05) is 0 Å². The van der Waals surface area contributed by atoms with Gasteiger partial charge in [-0.05, 0) is 12.1 Å². The molecule has 6 heteroatoms. The van der Waals surface area contributed by atoms with Crippen molar-refractivity contribution in [3.8, 4) is 0 Å². The van der Waals surface area contributed by atoms with E-state index in [9.17, 15) is 18.4 Å². The molecule has 0 aliphatic carbocycles. The Balaban J connectivity index is 2.90. The Morgan fingerprint density at radius 3 is 2.47 bits per heavy atom. The maximum Gasteiger partial charge on any atom is 0.339 e. The monoisotopic (exact) mass is 215 g/mol. The van der Waals surface area contributed by atoms with Crippen molar-refractivity contribution in [3.63, 3.8) is 0 Å². The van der Waals surface area contributed by atoms with Gasteiger partial charge in [0.05, 0.1) is 12.7 Å². The molecule has 0 aliphatic rings. The highest BCUT2D eigenvalue weighted by molar-refractivity contribution is 5.97. The first-order valence-corrected chi connectivity index (χ1v) is 3.93. The number of aromatic nitrogens is 1. The van der Waals surface area contributed by atoms with E-state index < -0.39 is 18.2 Å². The van der Waals surface area contributed by atoms with Crippen LogP contribution in [0.3, 0.4) is 0 Å². The summed E-state index contributed by atoms with van der Waals surface area (Å²) in [4.78, 5) is 25.1. The van der Waals surface area contributed by atoms with Gasteiger partial charge in [0.25, 0.3) is 0 Å². The summed E-state index contributed by atoms with van der Waals surface area (Å²) < 4.78 is 28.3. The van der Waals surface area contributed by atoms with Crippen LogP contribution in [0.5, 0.6) is 0 Å². The van der Waals surface area contributed by atoms with Crippen LogP contribution in [0, 0.1) is 0 Å². The van der Waals surface area contributed by atoms with Crippen LogP contribution in [0.4, 0.5) is 8.78 Å². The molecule has 4 nitrogen and oxygen atoms in total. The molecule has 0 bridgehead atoms. The first kappa shape index (κ1) is 11.2. The van der Waals surface area contributed by atoms with Gasteiger partial charge in [-0.15, -0.1) is 0 Å². The molecule has 1 aromatic rings. The van der Waals surface area contributed by atoms with E-state index in [4.69, 9.17) is 0 Å². The number of hydrogen-bond donors (Lipinski definition) is 0. The number of ketones is 1. The van der Waals surface area contributed by atoms with Crippen molar-refractivity contribution >= 4 is 11.8 Å². The van der Waals surface area contributed by atoms with Gasteiger partial charge in [0.1, 0.15) is 5.69 Å². The van der Waals surface area contributed by atoms with Crippen LogP contribution < -0.4 is 0 Å². The van der Waals surface area contributed by atoms with Crippen LogP contribution in [0.25, 0.3) is 0 Å². The van der Waals surface area contributed by atoms with Crippen molar-refractivity contribution < 1.29 is 23.1 Å². The van der Waals surface area contributed by atoms with Crippen molar-refractivity contribution in [1.82, 2.24) is 4.98 Å². The quantitative estimate of drug-likeness (QED) is 0.563. The molecular formula is C9H7F2NO3. The fourth-order valence-electron chi connectivity index (χ4n) is 0.890. The van der Waals surface area contributed by atoms with E-state index in [0.717, 1.165) is 12.3 Å². The van der Waals surface area contributed by atoms with E-state index in [1.807, 2.05) is 0 Å². The van der Waals surface area contributed by atoms with Crippen LogP contribution in [0.2, 0.25) is 0 Å². The third-order valence-corrected chi connectivity index (χ3v) is 1.64. The van der Waals surface area contributed by atoms with E-state index in [-0.39, 0.29) is 11.3 Å². The molecule has 0 radical (unpaired) electrons. The fourth-order valence-corrected chi connectivity index (χ4v) is 0.890. The van der Waals surface area contributed by atoms with Crippen LogP contribution in [-0.2, 0) is 4.74 Å². The lowest BCUT2D eigenvalue weighted by Crippen LogP contribution is -2.12. The standard InChI is InChI=1S/C9H7F2NO3/c1-15-9(14)5-2-3-6(12-4-5)7(13)8(10)11/h2-4,8H,1H3. The van der Waals surface area contributed by atoms with Gasteiger partial charge < -0.3 is 4.74 Å². The number of halogens is 2. The average molecular weight is 215 g/mol. The summed E-state index contributed by atoms with van der Waals surface area (Å²) in [5.41, 5.74) is -0.277. The van der Waals surface area contributed by atoms with Crippen molar-refractivity contribution in [1.29, 1.82) is 0 Å². The molecule has 15 heavy (non-hydrogen) atoms. The SMILES string of the molecule is COC(=O)c1ccc(C(=O)C(F)F)nc1. The highest BCUT2D eigenvalue weighted by atomic mass is 19.3. The Hall–Kier alpha value is -1.85. The lowest BCUT2D eigenvalue weighted by Gasteiger charge is -2.00.